The fourth-order valence-electron chi connectivity index (χ4n) is 3.88. The average Bonchev–Trinajstić information content (AvgIpc) is 2.76. The van der Waals surface area contributed by atoms with Gasteiger partial charge in [-0.1, -0.05) is 18.5 Å². The van der Waals surface area contributed by atoms with Gasteiger partial charge in [-0.15, -0.1) is 0 Å². The summed E-state index contributed by atoms with van der Waals surface area (Å²) in [6.45, 7) is 4.79. The van der Waals surface area contributed by atoms with Crippen molar-refractivity contribution in [1.29, 1.82) is 0 Å². The number of anilines is 1. The molecule has 0 radical (unpaired) electrons. The zero-order valence-electron chi connectivity index (χ0n) is 17.4. The van der Waals surface area contributed by atoms with Gasteiger partial charge in [0.15, 0.2) is 0 Å². The summed E-state index contributed by atoms with van der Waals surface area (Å²) in [5.74, 6) is 0.491. The molecule has 2 aromatic heterocycles. The molecule has 1 aliphatic heterocycles. The number of benzene rings is 1. The molecule has 4 rings (SSSR count). The molecule has 6 nitrogen and oxygen atoms in total. The van der Waals surface area contributed by atoms with Gasteiger partial charge in [-0.05, 0) is 31.5 Å². The molecule has 0 N–H and O–H groups in total. The summed E-state index contributed by atoms with van der Waals surface area (Å²) in [6.07, 6.45) is 0.192. The Bertz CT molecular complexity index is 1180. The quantitative estimate of drug-likeness (QED) is 0.587. The molecule has 1 fully saturated rings. The molecule has 1 unspecified atom stereocenters. The molecule has 0 spiro atoms. The molecule has 1 atom stereocenters. The molecule has 1 aliphatic rings. The highest BCUT2D eigenvalue weighted by Crippen LogP contribution is 2.31. The first-order valence-electron chi connectivity index (χ1n) is 10.2. The third-order valence-corrected chi connectivity index (χ3v) is 5.62. The first-order valence-corrected chi connectivity index (χ1v) is 10.6. The molecular formula is C22H23ClF2N4O2. The SMILES string of the molecule is CCCn1c(C)nc2cc(N3CCOC(CF)C3)nc(-c3ccc(Cl)cc3F)c2c1=O. The van der Waals surface area contributed by atoms with Gasteiger partial charge in [0.1, 0.15) is 30.2 Å². The minimum Gasteiger partial charge on any atom is -0.372 e. The van der Waals surface area contributed by atoms with Crippen LogP contribution < -0.4 is 10.5 Å². The highest BCUT2D eigenvalue weighted by Gasteiger charge is 2.25. The standard InChI is InChI=1S/C22H23ClF2N4O2/c1-3-6-29-13(2)26-18-10-19(28-7-8-31-15(11-24)12-28)27-21(20(18)22(29)30)16-5-4-14(23)9-17(16)25/h4-5,9-10,15H,3,6-8,11-12H2,1-2H3. The van der Waals surface area contributed by atoms with E-state index in [4.69, 9.17) is 16.3 Å². The predicted octanol–water partition coefficient (Wildman–Crippen LogP) is 4.14. The normalized spacial score (nSPS) is 16.8. The Labute approximate surface area is 183 Å². The van der Waals surface area contributed by atoms with Gasteiger partial charge < -0.3 is 9.64 Å². The van der Waals surface area contributed by atoms with Crippen LogP contribution in [0, 0.1) is 12.7 Å². The van der Waals surface area contributed by atoms with E-state index < -0.39 is 18.6 Å². The molecule has 31 heavy (non-hydrogen) atoms. The van der Waals surface area contributed by atoms with Crippen LogP contribution in [0.25, 0.3) is 22.2 Å². The summed E-state index contributed by atoms with van der Waals surface area (Å²) in [5.41, 5.74) is 0.522. The Kier molecular flexibility index (Phi) is 6.20. The highest BCUT2D eigenvalue weighted by atomic mass is 35.5. The summed E-state index contributed by atoms with van der Waals surface area (Å²) in [4.78, 5) is 24.5. The topological polar surface area (TPSA) is 60.3 Å². The van der Waals surface area contributed by atoms with E-state index >= 15 is 0 Å². The number of alkyl halides is 1. The zero-order chi connectivity index (χ0) is 22.1. The van der Waals surface area contributed by atoms with Gasteiger partial charge in [0.25, 0.3) is 5.56 Å². The van der Waals surface area contributed by atoms with Crippen LogP contribution in [0.1, 0.15) is 19.2 Å². The number of halogens is 3. The van der Waals surface area contributed by atoms with E-state index in [1.165, 1.54) is 12.1 Å². The van der Waals surface area contributed by atoms with Crippen LogP contribution in [0.15, 0.2) is 29.1 Å². The minimum absolute atomic E-state index is 0.164. The van der Waals surface area contributed by atoms with E-state index in [-0.39, 0.29) is 27.2 Å². The highest BCUT2D eigenvalue weighted by molar-refractivity contribution is 6.30. The number of ether oxygens (including phenoxy) is 1. The molecule has 164 valence electrons. The van der Waals surface area contributed by atoms with Gasteiger partial charge in [0.2, 0.25) is 0 Å². The molecule has 1 saturated heterocycles. The number of fused-ring (bicyclic) bond motifs is 1. The van der Waals surface area contributed by atoms with Gasteiger partial charge in [-0.2, -0.15) is 0 Å². The maximum atomic E-state index is 14.9. The zero-order valence-corrected chi connectivity index (χ0v) is 18.1. The smallest absolute Gasteiger partial charge is 0.263 e. The van der Waals surface area contributed by atoms with Gasteiger partial charge >= 0.3 is 0 Å². The Morgan fingerprint density at radius 2 is 2.10 bits per heavy atom. The van der Waals surface area contributed by atoms with Crippen LogP contribution in [0.3, 0.4) is 0 Å². The third kappa shape index (κ3) is 4.14. The number of aromatic nitrogens is 3. The van der Waals surface area contributed by atoms with Crippen molar-refractivity contribution in [3.05, 3.63) is 51.3 Å². The number of hydrogen-bond acceptors (Lipinski definition) is 5. The number of pyridine rings is 1. The predicted molar refractivity (Wildman–Crippen MR) is 117 cm³/mol. The summed E-state index contributed by atoms with van der Waals surface area (Å²) >= 11 is 5.93. The van der Waals surface area contributed by atoms with E-state index in [1.54, 1.807) is 23.6 Å². The summed E-state index contributed by atoms with van der Waals surface area (Å²) in [6, 6.07) is 5.96. The lowest BCUT2D eigenvalue weighted by atomic mass is 10.1. The summed E-state index contributed by atoms with van der Waals surface area (Å²) in [5, 5.41) is 0.498. The largest absolute Gasteiger partial charge is 0.372 e. The average molecular weight is 449 g/mol. The van der Waals surface area contributed by atoms with Gasteiger partial charge in [0, 0.05) is 36.3 Å². The first-order chi connectivity index (χ1) is 14.9. The molecule has 0 amide bonds. The van der Waals surface area contributed by atoms with Gasteiger partial charge in [-0.3, -0.25) is 9.36 Å². The maximum absolute atomic E-state index is 14.9. The number of hydrogen-bond donors (Lipinski definition) is 0. The molecule has 0 saturated carbocycles. The van der Waals surface area contributed by atoms with E-state index in [2.05, 4.69) is 9.97 Å². The van der Waals surface area contributed by atoms with Crippen molar-refractivity contribution in [1.82, 2.24) is 14.5 Å². The van der Waals surface area contributed by atoms with Gasteiger partial charge in [-0.25, -0.2) is 18.7 Å². The van der Waals surface area contributed by atoms with E-state index in [9.17, 15) is 13.6 Å². The van der Waals surface area contributed by atoms with Crippen molar-refractivity contribution in [2.24, 2.45) is 0 Å². The van der Waals surface area contributed by atoms with Crippen molar-refractivity contribution in [3.8, 4) is 11.3 Å². The Balaban J connectivity index is 1.98. The van der Waals surface area contributed by atoms with Gasteiger partial charge in [0.05, 0.1) is 23.2 Å². The van der Waals surface area contributed by atoms with E-state index in [1.807, 2.05) is 11.8 Å². The van der Waals surface area contributed by atoms with Crippen LogP contribution in [0.4, 0.5) is 14.6 Å². The van der Waals surface area contributed by atoms with Crippen LogP contribution in [0.5, 0.6) is 0 Å². The maximum Gasteiger partial charge on any atom is 0.263 e. The number of morpholine rings is 1. The lowest BCUT2D eigenvalue weighted by Gasteiger charge is -2.32. The lowest BCUT2D eigenvalue weighted by molar-refractivity contribution is 0.0245. The molecule has 3 heterocycles. The number of nitrogens with zero attached hydrogens (tertiary/aromatic N) is 4. The fourth-order valence-corrected chi connectivity index (χ4v) is 4.04. The van der Waals surface area contributed by atoms with Crippen LogP contribution in [-0.2, 0) is 11.3 Å². The Hall–Kier alpha value is -2.58. The van der Waals surface area contributed by atoms with Crippen molar-refractivity contribution < 1.29 is 13.5 Å². The molecule has 1 aromatic carbocycles. The second-order valence-electron chi connectivity index (χ2n) is 7.56. The molecular weight excluding hydrogens is 426 g/mol. The number of rotatable bonds is 5. The number of aryl methyl sites for hydroxylation is 1. The Morgan fingerprint density at radius 1 is 1.29 bits per heavy atom. The Morgan fingerprint density at radius 3 is 2.81 bits per heavy atom. The van der Waals surface area contributed by atoms with Crippen LogP contribution in [-0.4, -0.2) is 47.0 Å². The van der Waals surface area contributed by atoms with Crippen molar-refractivity contribution >= 4 is 28.3 Å². The molecule has 3 aromatic rings. The van der Waals surface area contributed by atoms with Crippen LogP contribution in [0.2, 0.25) is 5.02 Å². The third-order valence-electron chi connectivity index (χ3n) is 5.39. The van der Waals surface area contributed by atoms with E-state index in [0.717, 1.165) is 6.42 Å². The summed E-state index contributed by atoms with van der Waals surface area (Å²) < 4.78 is 35.0. The molecule has 9 heteroatoms. The second-order valence-corrected chi connectivity index (χ2v) is 7.99. The fraction of sp³-hybridized carbons (Fsp3) is 0.409. The molecule has 0 aliphatic carbocycles. The minimum atomic E-state index is -0.609. The lowest BCUT2D eigenvalue weighted by Crippen LogP contribution is -2.44. The van der Waals surface area contributed by atoms with Crippen molar-refractivity contribution in [2.45, 2.75) is 32.9 Å². The second kappa shape index (κ2) is 8.88. The monoisotopic (exact) mass is 448 g/mol. The van der Waals surface area contributed by atoms with Crippen molar-refractivity contribution in [3.63, 3.8) is 0 Å². The molecule has 0 bridgehead atoms. The van der Waals surface area contributed by atoms with Crippen molar-refractivity contribution in [2.75, 3.05) is 31.3 Å². The first kappa shape index (κ1) is 21.6. The summed E-state index contributed by atoms with van der Waals surface area (Å²) in [7, 11) is 0. The van der Waals surface area contributed by atoms with Crippen LogP contribution >= 0.6 is 11.6 Å². The van der Waals surface area contributed by atoms with E-state index in [0.29, 0.717) is 43.4 Å².